The van der Waals surface area contributed by atoms with Crippen molar-refractivity contribution < 1.29 is 12.8 Å². The molecule has 1 aliphatic heterocycles. The summed E-state index contributed by atoms with van der Waals surface area (Å²) in [5.74, 6) is -0.453. The molecular weight excluding hydrogens is 301 g/mol. The molecule has 0 saturated carbocycles. The number of hydrogen-bond donors (Lipinski definition) is 1. The number of nitrogens with zero attached hydrogens (tertiary/aromatic N) is 2. The summed E-state index contributed by atoms with van der Waals surface area (Å²) < 4.78 is 39.0. The van der Waals surface area contributed by atoms with Crippen LogP contribution in [0, 0.1) is 5.82 Å². The molecule has 1 fully saturated rings. The largest absolute Gasteiger partial charge is 0.392 e. The van der Waals surface area contributed by atoms with Crippen molar-refractivity contribution in [1.29, 1.82) is 0 Å². The number of halogens is 1. The summed E-state index contributed by atoms with van der Waals surface area (Å²) in [4.78, 5) is 2.53. The Kier molecular flexibility index (Phi) is 4.69. The molecule has 0 amide bonds. The predicted octanol–water partition coefficient (Wildman–Crippen LogP) is 0.418. The second kappa shape index (κ2) is 6.13. The van der Waals surface area contributed by atoms with Crippen molar-refractivity contribution in [1.82, 2.24) is 9.21 Å². The minimum absolute atomic E-state index is 0.113. The van der Waals surface area contributed by atoms with E-state index in [0.717, 1.165) is 12.1 Å². The molecule has 8 heteroatoms. The predicted molar refractivity (Wildman–Crippen MR) is 78.4 cm³/mol. The van der Waals surface area contributed by atoms with Gasteiger partial charge in [-0.2, -0.15) is 4.31 Å². The summed E-state index contributed by atoms with van der Waals surface area (Å²) >= 11 is 4.84. The second-order valence-corrected chi connectivity index (χ2v) is 7.06. The van der Waals surface area contributed by atoms with Crippen molar-refractivity contribution in [3.63, 3.8) is 0 Å². The van der Waals surface area contributed by atoms with E-state index >= 15 is 0 Å². The molecule has 2 rings (SSSR count). The molecule has 1 saturated heterocycles. The van der Waals surface area contributed by atoms with Crippen LogP contribution in [0.15, 0.2) is 29.2 Å². The van der Waals surface area contributed by atoms with Gasteiger partial charge in [0.2, 0.25) is 10.0 Å². The summed E-state index contributed by atoms with van der Waals surface area (Å²) in [5.41, 5.74) is 5.47. The van der Waals surface area contributed by atoms with E-state index in [9.17, 15) is 12.8 Å². The Morgan fingerprint density at radius 3 is 2.25 bits per heavy atom. The molecule has 0 aromatic heterocycles. The third kappa shape index (κ3) is 3.51. The van der Waals surface area contributed by atoms with E-state index in [1.807, 2.05) is 4.90 Å². The molecule has 110 valence electrons. The lowest BCUT2D eigenvalue weighted by Gasteiger charge is -2.33. The minimum atomic E-state index is -3.55. The fourth-order valence-electron chi connectivity index (χ4n) is 2.10. The first-order chi connectivity index (χ1) is 9.39. The molecular formula is C12H16FN3O2S2. The average Bonchev–Trinajstić information content (AvgIpc) is 2.39. The molecule has 1 aliphatic rings. The van der Waals surface area contributed by atoms with Crippen LogP contribution in [0.4, 0.5) is 4.39 Å². The van der Waals surface area contributed by atoms with Gasteiger partial charge in [0.15, 0.2) is 0 Å². The molecule has 1 aromatic carbocycles. The van der Waals surface area contributed by atoms with Gasteiger partial charge < -0.3 is 5.73 Å². The van der Waals surface area contributed by atoms with Gasteiger partial charge in [-0.25, -0.2) is 12.8 Å². The van der Waals surface area contributed by atoms with Crippen LogP contribution in [0.1, 0.15) is 0 Å². The highest BCUT2D eigenvalue weighted by Gasteiger charge is 2.28. The molecule has 1 aromatic rings. The maximum atomic E-state index is 12.9. The van der Waals surface area contributed by atoms with E-state index in [1.54, 1.807) is 0 Å². The van der Waals surface area contributed by atoms with Gasteiger partial charge in [-0.3, -0.25) is 4.90 Å². The van der Waals surface area contributed by atoms with E-state index in [4.69, 9.17) is 18.0 Å². The van der Waals surface area contributed by atoms with Crippen LogP contribution in [0.5, 0.6) is 0 Å². The van der Waals surface area contributed by atoms with Crippen molar-refractivity contribution in [2.24, 2.45) is 5.73 Å². The number of benzene rings is 1. The fourth-order valence-corrected chi connectivity index (χ4v) is 3.71. The lowest BCUT2D eigenvalue weighted by Crippen LogP contribution is -2.50. The van der Waals surface area contributed by atoms with Crippen molar-refractivity contribution in [3.05, 3.63) is 30.1 Å². The number of hydrogen-bond acceptors (Lipinski definition) is 4. The van der Waals surface area contributed by atoms with Crippen LogP contribution >= 0.6 is 12.2 Å². The van der Waals surface area contributed by atoms with Crippen LogP contribution in [0.25, 0.3) is 0 Å². The van der Waals surface area contributed by atoms with Gasteiger partial charge in [-0.05, 0) is 24.3 Å². The average molecular weight is 317 g/mol. The lowest BCUT2D eigenvalue weighted by atomic mass is 10.3. The number of piperazine rings is 1. The Labute approximate surface area is 123 Å². The molecule has 1 heterocycles. The summed E-state index contributed by atoms with van der Waals surface area (Å²) in [6.45, 7) is 2.42. The van der Waals surface area contributed by atoms with Crippen molar-refractivity contribution in [2.75, 3.05) is 32.7 Å². The van der Waals surface area contributed by atoms with Crippen LogP contribution in [-0.4, -0.2) is 55.3 Å². The summed E-state index contributed by atoms with van der Waals surface area (Å²) in [7, 11) is -3.55. The van der Waals surface area contributed by atoms with Gasteiger partial charge in [-0.15, -0.1) is 0 Å². The lowest BCUT2D eigenvalue weighted by molar-refractivity contribution is 0.209. The van der Waals surface area contributed by atoms with Crippen molar-refractivity contribution >= 4 is 27.2 Å². The Morgan fingerprint density at radius 1 is 1.20 bits per heavy atom. The van der Waals surface area contributed by atoms with Gasteiger partial charge >= 0.3 is 0 Å². The smallest absolute Gasteiger partial charge is 0.243 e. The summed E-state index contributed by atoms with van der Waals surface area (Å²) in [5, 5.41) is 0. The van der Waals surface area contributed by atoms with Crippen LogP contribution in [0.3, 0.4) is 0 Å². The Hall–Kier alpha value is -1.09. The number of nitrogens with two attached hydrogens (primary N) is 1. The first kappa shape index (κ1) is 15.3. The topological polar surface area (TPSA) is 66.6 Å². The van der Waals surface area contributed by atoms with E-state index in [1.165, 1.54) is 16.4 Å². The van der Waals surface area contributed by atoms with Gasteiger partial charge in [0.05, 0.1) is 9.88 Å². The summed E-state index contributed by atoms with van der Waals surface area (Å²) in [6, 6.07) is 4.87. The zero-order valence-corrected chi connectivity index (χ0v) is 12.5. The third-order valence-electron chi connectivity index (χ3n) is 3.16. The zero-order valence-electron chi connectivity index (χ0n) is 10.8. The van der Waals surface area contributed by atoms with Crippen LogP contribution in [0.2, 0.25) is 0 Å². The minimum Gasteiger partial charge on any atom is -0.392 e. The highest BCUT2D eigenvalue weighted by Crippen LogP contribution is 2.17. The molecule has 0 spiro atoms. The standard InChI is InChI=1S/C12H16FN3O2S2/c13-10-1-3-11(4-2-10)20(17,18)16-7-5-15(6-8-16)9-12(14)19/h1-4H,5-9H2,(H2,14,19). The highest BCUT2D eigenvalue weighted by molar-refractivity contribution is 7.89. The van der Waals surface area contributed by atoms with E-state index in [0.29, 0.717) is 37.7 Å². The first-order valence-electron chi connectivity index (χ1n) is 6.16. The molecule has 20 heavy (non-hydrogen) atoms. The van der Waals surface area contributed by atoms with Gasteiger partial charge in [0.1, 0.15) is 5.82 Å². The maximum absolute atomic E-state index is 12.9. The number of sulfonamides is 1. The van der Waals surface area contributed by atoms with Gasteiger partial charge in [0, 0.05) is 32.7 Å². The monoisotopic (exact) mass is 317 g/mol. The number of thiocarbonyl (C=S) groups is 1. The van der Waals surface area contributed by atoms with E-state index < -0.39 is 15.8 Å². The molecule has 0 aliphatic carbocycles. The molecule has 0 radical (unpaired) electrons. The molecule has 0 bridgehead atoms. The van der Waals surface area contributed by atoms with Gasteiger partial charge in [-0.1, -0.05) is 12.2 Å². The zero-order chi connectivity index (χ0) is 14.8. The molecule has 5 nitrogen and oxygen atoms in total. The Bertz CT molecular complexity index is 581. The second-order valence-electron chi connectivity index (χ2n) is 4.60. The summed E-state index contributed by atoms with van der Waals surface area (Å²) in [6.07, 6.45) is 0. The number of rotatable bonds is 4. The highest BCUT2D eigenvalue weighted by atomic mass is 32.2. The third-order valence-corrected chi connectivity index (χ3v) is 5.20. The molecule has 0 atom stereocenters. The van der Waals surface area contributed by atoms with E-state index in [2.05, 4.69) is 0 Å². The van der Waals surface area contributed by atoms with Crippen molar-refractivity contribution in [2.45, 2.75) is 4.90 Å². The molecule has 0 unspecified atom stereocenters. The van der Waals surface area contributed by atoms with Crippen LogP contribution < -0.4 is 5.73 Å². The SMILES string of the molecule is NC(=S)CN1CCN(S(=O)(=O)c2ccc(F)cc2)CC1. The van der Waals surface area contributed by atoms with Gasteiger partial charge in [0.25, 0.3) is 0 Å². The first-order valence-corrected chi connectivity index (χ1v) is 8.01. The molecule has 2 N–H and O–H groups in total. The Morgan fingerprint density at radius 2 is 1.75 bits per heavy atom. The fraction of sp³-hybridized carbons (Fsp3) is 0.417. The quantitative estimate of drug-likeness (QED) is 0.815. The Balaban J connectivity index is 2.05. The maximum Gasteiger partial charge on any atom is 0.243 e. The van der Waals surface area contributed by atoms with Crippen LogP contribution in [-0.2, 0) is 10.0 Å². The normalized spacial score (nSPS) is 18.1. The van der Waals surface area contributed by atoms with Crippen molar-refractivity contribution in [3.8, 4) is 0 Å². The van der Waals surface area contributed by atoms with E-state index in [-0.39, 0.29) is 4.90 Å².